The molecule has 0 fully saturated rings. The molecule has 0 amide bonds. The van der Waals surface area contributed by atoms with Crippen LogP contribution in [0.3, 0.4) is 0 Å². The molecule has 1 unspecified atom stereocenters. The summed E-state index contributed by atoms with van der Waals surface area (Å²) in [6, 6.07) is 16.7. The Balaban J connectivity index is 2.14. The predicted molar refractivity (Wildman–Crippen MR) is 83.9 cm³/mol. The molecule has 0 aliphatic heterocycles. The summed E-state index contributed by atoms with van der Waals surface area (Å²) in [4.78, 5) is 0. The Labute approximate surface area is 124 Å². The average Bonchev–Trinajstić information content (AvgIpc) is 2.33. The Morgan fingerprint density at radius 1 is 1.06 bits per heavy atom. The van der Waals surface area contributed by atoms with Crippen molar-refractivity contribution in [2.75, 3.05) is 0 Å². The Hall–Kier alpha value is -0.390. The van der Waals surface area contributed by atoms with Crippen LogP contribution in [0, 0.1) is 3.57 Å². The van der Waals surface area contributed by atoms with Gasteiger partial charge in [-0.05, 0) is 58.3 Å². The first-order valence-corrected chi connectivity index (χ1v) is 7.28. The molecule has 2 rings (SSSR count). The molecule has 0 bridgehead atoms. The third-order valence-electron chi connectivity index (χ3n) is 2.70. The minimum Gasteiger partial charge on any atom is -0.324 e. The highest BCUT2D eigenvalue weighted by Gasteiger charge is 2.08. The summed E-state index contributed by atoms with van der Waals surface area (Å²) >= 11 is 5.85. The molecule has 2 aromatic carbocycles. The number of hydrogen-bond acceptors (Lipinski definition) is 1. The monoisotopic (exact) mass is 401 g/mol. The fourth-order valence-corrected chi connectivity index (χ4v) is 2.53. The molecule has 0 aliphatic carbocycles. The van der Waals surface area contributed by atoms with Crippen LogP contribution < -0.4 is 5.73 Å². The zero-order valence-corrected chi connectivity index (χ0v) is 13.0. The topological polar surface area (TPSA) is 26.0 Å². The summed E-state index contributed by atoms with van der Waals surface area (Å²) in [5.41, 5.74) is 8.65. The van der Waals surface area contributed by atoms with Gasteiger partial charge in [0, 0.05) is 14.1 Å². The van der Waals surface area contributed by atoms with E-state index < -0.39 is 0 Å². The Morgan fingerprint density at radius 3 is 2.35 bits per heavy atom. The van der Waals surface area contributed by atoms with E-state index in [2.05, 4.69) is 74.9 Å². The molecule has 0 aliphatic rings. The van der Waals surface area contributed by atoms with E-state index in [9.17, 15) is 0 Å². The first-order valence-electron chi connectivity index (χ1n) is 5.41. The molecule has 0 heterocycles. The first-order chi connectivity index (χ1) is 8.16. The van der Waals surface area contributed by atoms with Crippen LogP contribution in [0.25, 0.3) is 0 Å². The third-order valence-corrected chi connectivity index (χ3v) is 4.19. The Morgan fingerprint density at radius 2 is 1.71 bits per heavy atom. The molecule has 1 atom stereocenters. The molecule has 2 aromatic rings. The smallest absolute Gasteiger partial charge is 0.0336 e. The summed E-state index contributed by atoms with van der Waals surface area (Å²) in [5, 5.41) is 0. The van der Waals surface area contributed by atoms with Gasteiger partial charge >= 0.3 is 0 Å². The van der Waals surface area contributed by atoms with Crippen molar-refractivity contribution in [1.82, 2.24) is 0 Å². The second-order valence-electron chi connectivity index (χ2n) is 3.95. The lowest BCUT2D eigenvalue weighted by molar-refractivity contribution is 0.720. The largest absolute Gasteiger partial charge is 0.324 e. The van der Waals surface area contributed by atoms with Crippen molar-refractivity contribution in [3.8, 4) is 0 Å². The molecule has 88 valence electrons. The molecule has 0 aromatic heterocycles. The van der Waals surface area contributed by atoms with Crippen molar-refractivity contribution in [3.05, 3.63) is 67.7 Å². The second-order valence-corrected chi connectivity index (χ2v) is 6.05. The summed E-state index contributed by atoms with van der Waals surface area (Å²) in [6.45, 7) is 0. The molecule has 17 heavy (non-hydrogen) atoms. The van der Waals surface area contributed by atoms with Gasteiger partial charge in [-0.2, -0.15) is 0 Å². The maximum absolute atomic E-state index is 6.22. The van der Waals surface area contributed by atoms with E-state index in [4.69, 9.17) is 5.73 Å². The molecule has 0 saturated carbocycles. The van der Waals surface area contributed by atoms with Gasteiger partial charge < -0.3 is 5.73 Å². The Bertz CT molecular complexity index is 496. The van der Waals surface area contributed by atoms with Crippen LogP contribution in [0.2, 0.25) is 0 Å². The van der Waals surface area contributed by atoms with Crippen LogP contribution in [0.15, 0.2) is 53.0 Å². The van der Waals surface area contributed by atoms with Gasteiger partial charge in [-0.25, -0.2) is 0 Å². The second kappa shape index (κ2) is 5.98. The van der Waals surface area contributed by atoms with E-state index in [0.717, 1.165) is 10.9 Å². The highest BCUT2D eigenvalue weighted by Crippen LogP contribution is 2.22. The zero-order valence-electron chi connectivity index (χ0n) is 9.24. The lowest BCUT2D eigenvalue weighted by Gasteiger charge is -2.13. The zero-order chi connectivity index (χ0) is 12.3. The van der Waals surface area contributed by atoms with Crippen molar-refractivity contribution < 1.29 is 0 Å². The summed E-state index contributed by atoms with van der Waals surface area (Å²) in [6.07, 6.45) is 0.849. The minimum absolute atomic E-state index is 0.0469. The average molecular weight is 402 g/mol. The van der Waals surface area contributed by atoms with Crippen LogP contribution in [0.5, 0.6) is 0 Å². The first kappa shape index (κ1) is 13.1. The van der Waals surface area contributed by atoms with Crippen molar-refractivity contribution in [1.29, 1.82) is 0 Å². The van der Waals surface area contributed by atoms with Crippen LogP contribution in [-0.4, -0.2) is 0 Å². The van der Waals surface area contributed by atoms with E-state index in [-0.39, 0.29) is 6.04 Å². The van der Waals surface area contributed by atoms with Gasteiger partial charge in [0.2, 0.25) is 0 Å². The van der Waals surface area contributed by atoms with Gasteiger partial charge in [-0.3, -0.25) is 0 Å². The third kappa shape index (κ3) is 3.53. The quantitative estimate of drug-likeness (QED) is 0.762. The molecular weight excluding hydrogens is 389 g/mol. The number of rotatable bonds is 3. The van der Waals surface area contributed by atoms with Gasteiger partial charge in [0.05, 0.1) is 0 Å². The lowest BCUT2D eigenvalue weighted by atomic mass is 10.00. The van der Waals surface area contributed by atoms with Crippen molar-refractivity contribution >= 4 is 38.5 Å². The van der Waals surface area contributed by atoms with E-state index in [1.54, 1.807) is 0 Å². The highest BCUT2D eigenvalue weighted by atomic mass is 127. The van der Waals surface area contributed by atoms with Crippen molar-refractivity contribution in [3.63, 3.8) is 0 Å². The SMILES string of the molecule is NC(Cc1ccccc1Br)c1ccc(I)cc1. The molecule has 1 nitrogen and oxygen atoms in total. The normalized spacial score (nSPS) is 12.4. The van der Waals surface area contributed by atoms with Crippen molar-refractivity contribution in [2.45, 2.75) is 12.5 Å². The predicted octanol–water partition coefficient (Wildman–Crippen LogP) is 4.30. The van der Waals surface area contributed by atoms with E-state index >= 15 is 0 Å². The molecule has 2 N–H and O–H groups in total. The van der Waals surface area contributed by atoms with Gasteiger partial charge in [0.25, 0.3) is 0 Å². The molecule has 3 heteroatoms. The Kier molecular flexibility index (Phi) is 4.59. The van der Waals surface area contributed by atoms with Gasteiger partial charge in [-0.1, -0.05) is 46.3 Å². The van der Waals surface area contributed by atoms with Crippen LogP contribution in [-0.2, 0) is 6.42 Å². The van der Waals surface area contributed by atoms with Gasteiger partial charge in [0.1, 0.15) is 0 Å². The maximum atomic E-state index is 6.22. The standard InChI is InChI=1S/C14H13BrIN/c15-13-4-2-1-3-11(13)9-14(17)10-5-7-12(16)8-6-10/h1-8,14H,9,17H2. The van der Waals surface area contributed by atoms with Crippen LogP contribution in [0.1, 0.15) is 17.2 Å². The molecule has 0 radical (unpaired) electrons. The number of hydrogen-bond donors (Lipinski definition) is 1. The summed E-state index contributed by atoms with van der Waals surface area (Å²) < 4.78 is 2.36. The summed E-state index contributed by atoms with van der Waals surface area (Å²) in [7, 11) is 0. The van der Waals surface area contributed by atoms with E-state index in [1.807, 2.05) is 12.1 Å². The fraction of sp³-hybridized carbons (Fsp3) is 0.143. The lowest BCUT2D eigenvalue weighted by Crippen LogP contribution is -2.13. The highest BCUT2D eigenvalue weighted by molar-refractivity contribution is 14.1. The van der Waals surface area contributed by atoms with Gasteiger partial charge in [0.15, 0.2) is 0 Å². The van der Waals surface area contributed by atoms with Crippen molar-refractivity contribution in [2.24, 2.45) is 5.73 Å². The van der Waals surface area contributed by atoms with E-state index in [0.29, 0.717) is 0 Å². The maximum Gasteiger partial charge on any atom is 0.0336 e. The number of nitrogens with two attached hydrogens (primary N) is 1. The van der Waals surface area contributed by atoms with Crippen LogP contribution >= 0.6 is 38.5 Å². The van der Waals surface area contributed by atoms with Crippen LogP contribution in [0.4, 0.5) is 0 Å². The van der Waals surface area contributed by atoms with Gasteiger partial charge in [-0.15, -0.1) is 0 Å². The fourth-order valence-electron chi connectivity index (χ4n) is 1.73. The number of benzene rings is 2. The molecular formula is C14H13BrIN. The number of halogens is 2. The molecule has 0 spiro atoms. The molecule has 0 saturated heterocycles. The minimum atomic E-state index is 0.0469. The summed E-state index contributed by atoms with van der Waals surface area (Å²) in [5.74, 6) is 0. The van der Waals surface area contributed by atoms with E-state index in [1.165, 1.54) is 14.7 Å².